The van der Waals surface area contributed by atoms with Crippen LogP contribution >= 0.6 is 0 Å². The van der Waals surface area contributed by atoms with Crippen molar-refractivity contribution in [1.29, 1.82) is 0 Å². The predicted molar refractivity (Wildman–Crippen MR) is 122 cm³/mol. The summed E-state index contributed by atoms with van der Waals surface area (Å²) in [4.78, 5) is 25.2. The molecule has 4 nitrogen and oxygen atoms in total. The summed E-state index contributed by atoms with van der Waals surface area (Å²) in [6.45, 7) is 20.7. The molecule has 0 aliphatic rings. The van der Waals surface area contributed by atoms with Crippen LogP contribution in [0.1, 0.15) is 128 Å². The van der Waals surface area contributed by atoms with Crippen molar-refractivity contribution in [3.05, 3.63) is 0 Å². The third-order valence-corrected chi connectivity index (χ3v) is 6.65. The predicted octanol–water partition coefficient (Wildman–Crippen LogP) is 4.35. The number of hydrogen-bond donors (Lipinski definition) is 0. The van der Waals surface area contributed by atoms with Crippen LogP contribution in [0.4, 0.5) is 0 Å². The van der Waals surface area contributed by atoms with Gasteiger partial charge >= 0.3 is 63.3 Å². The zero-order chi connectivity index (χ0) is 22.9. The van der Waals surface area contributed by atoms with E-state index in [0.29, 0.717) is 0 Å². The van der Waals surface area contributed by atoms with Crippen LogP contribution < -0.4 is 51.4 Å². The van der Waals surface area contributed by atoms with E-state index < -0.39 is 23.1 Å². The monoisotopic (exact) mass is 452 g/mol. The molecular formula is C25H49KO4. The Hall–Kier alpha value is 0.576. The van der Waals surface area contributed by atoms with Gasteiger partial charge in [0.1, 0.15) is 17.6 Å². The van der Waals surface area contributed by atoms with Crippen molar-refractivity contribution in [3.8, 4) is 0 Å². The number of esters is 2. The molecule has 0 aromatic rings. The molecule has 174 valence electrons. The van der Waals surface area contributed by atoms with Crippen molar-refractivity contribution in [2.75, 3.05) is 0 Å². The Morgan fingerprint density at radius 1 is 0.633 bits per heavy atom. The first-order chi connectivity index (χ1) is 13.1. The van der Waals surface area contributed by atoms with Crippen LogP contribution in [-0.2, 0) is 19.1 Å². The van der Waals surface area contributed by atoms with Gasteiger partial charge in [-0.25, -0.2) is 0 Å². The van der Waals surface area contributed by atoms with Gasteiger partial charge in [-0.1, -0.05) is 81.1 Å². The van der Waals surface area contributed by atoms with E-state index in [1.807, 2.05) is 13.8 Å². The molecule has 0 aromatic carbocycles. The summed E-state index contributed by atoms with van der Waals surface area (Å²) in [6.07, 6.45) is 7.69. The molecule has 2 atom stereocenters. The molecule has 0 amide bonds. The Balaban J connectivity index is -0.00000392. The molecule has 0 radical (unpaired) electrons. The van der Waals surface area contributed by atoms with Crippen LogP contribution in [0.25, 0.3) is 0 Å². The van der Waals surface area contributed by atoms with E-state index >= 15 is 0 Å². The molecule has 0 rings (SSSR count). The molecular weight excluding hydrogens is 403 g/mol. The van der Waals surface area contributed by atoms with Crippen molar-refractivity contribution in [2.24, 2.45) is 10.8 Å². The third-order valence-electron chi connectivity index (χ3n) is 6.65. The van der Waals surface area contributed by atoms with Crippen molar-refractivity contribution in [1.82, 2.24) is 0 Å². The fourth-order valence-electron chi connectivity index (χ4n) is 3.28. The van der Waals surface area contributed by atoms with Crippen LogP contribution in [0, 0.1) is 10.8 Å². The third kappa shape index (κ3) is 10.9. The van der Waals surface area contributed by atoms with Gasteiger partial charge in [0.2, 0.25) is 0 Å². The van der Waals surface area contributed by atoms with Crippen LogP contribution in [0.15, 0.2) is 0 Å². The second-order valence-electron chi connectivity index (χ2n) is 11.0. The molecule has 0 fully saturated rings. The SMILES string of the molecule is CCCCCC(C)(OC(=O)CC(=O)OC(C)(CCCCC)C(C)(C)C)C(C)(C)C.[H-].[K+]. The van der Waals surface area contributed by atoms with Gasteiger partial charge < -0.3 is 10.9 Å². The summed E-state index contributed by atoms with van der Waals surface area (Å²) in [5, 5.41) is 0. The molecule has 0 aliphatic carbocycles. The molecule has 0 aromatic heterocycles. The smallest absolute Gasteiger partial charge is 1.00 e. The van der Waals surface area contributed by atoms with Crippen molar-refractivity contribution < 1.29 is 71.9 Å². The molecule has 0 saturated carbocycles. The zero-order valence-electron chi connectivity index (χ0n) is 23.0. The molecule has 5 heteroatoms. The van der Waals surface area contributed by atoms with Gasteiger partial charge in [0.25, 0.3) is 0 Å². The number of rotatable bonds is 12. The number of carbonyl (C=O) groups is 2. The van der Waals surface area contributed by atoms with Crippen LogP contribution in [0.5, 0.6) is 0 Å². The van der Waals surface area contributed by atoms with E-state index in [4.69, 9.17) is 9.47 Å². The molecule has 0 spiro atoms. The van der Waals surface area contributed by atoms with Crippen molar-refractivity contribution in [2.45, 2.75) is 138 Å². The average Bonchev–Trinajstić information content (AvgIpc) is 2.52. The second kappa shape index (κ2) is 14.0. The summed E-state index contributed by atoms with van der Waals surface area (Å²) in [5.41, 5.74) is -1.62. The van der Waals surface area contributed by atoms with Gasteiger partial charge in [-0.05, 0) is 39.5 Å². The van der Waals surface area contributed by atoms with Gasteiger partial charge in [-0.3, -0.25) is 9.59 Å². The first kappa shape index (κ1) is 32.8. The Kier molecular flexibility index (Phi) is 15.3. The molecule has 30 heavy (non-hydrogen) atoms. The Bertz CT molecular complexity index is 479. The summed E-state index contributed by atoms with van der Waals surface area (Å²) >= 11 is 0. The molecule has 2 unspecified atom stereocenters. The molecule has 0 bridgehead atoms. The number of unbranched alkanes of at least 4 members (excludes halogenated alkanes) is 4. The fraction of sp³-hybridized carbons (Fsp3) is 0.920. The first-order valence-corrected chi connectivity index (χ1v) is 11.6. The van der Waals surface area contributed by atoms with Gasteiger partial charge in [0, 0.05) is 10.8 Å². The molecule has 0 N–H and O–H groups in total. The number of ether oxygens (including phenoxy) is 2. The normalized spacial score (nSPS) is 16.1. The Labute approximate surface area is 230 Å². The Morgan fingerprint density at radius 3 is 1.17 bits per heavy atom. The largest absolute Gasteiger partial charge is 1.00 e. The number of hydrogen-bond acceptors (Lipinski definition) is 4. The standard InChI is InChI=1S/C25H48O4.K.H/c1-11-13-15-17-24(9,22(3,4)5)28-20(26)19-21(27)29-25(10,23(6,7)8)18-16-14-12-2;;/h11-19H2,1-10H3;;/q;+1;-1. The van der Waals surface area contributed by atoms with Crippen LogP contribution in [0.2, 0.25) is 0 Å². The van der Waals surface area contributed by atoms with E-state index in [2.05, 4.69) is 55.4 Å². The minimum atomic E-state index is -0.603. The maximum Gasteiger partial charge on any atom is 1.00 e. The van der Waals surface area contributed by atoms with E-state index in [1.54, 1.807) is 0 Å². The topological polar surface area (TPSA) is 52.6 Å². The van der Waals surface area contributed by atoms with Crippen molar-refractivity contribution >= 4 is 11.9 Å². The minimum absolute atomic E-state index is 0. The molecule has 0 aliphatic heterocycles. The zero-order valence-corrected chi connectivity index (χ0v) is 25.1. The van der Waals surface area contributed by atoms with Crippen LogP contribution in [0.3, 0.4) is 0 Å². The van der Waals surface area contributed by atoms with Gasteiger partial charge in [0.15, 0.2) is 0 Å². The quantitative estimate of drug-likeness (QED) is 0.191. The van der Waals surface area contributed by atoms with E-state index in [0.717, 1.165) is 51.4 Å². The maximum absolute atomic E-state index is 12.6. The molecule has 0 saturated heterocycles. The van der Waals surface area contributed by atoms with E-state index in [9.17, 15) is 9.59 Å². The Morgan fingerprint density at radius 2 is 0.933 bits per heavy atom. The van der Waals surface area contributed by atoms with Gasteiger partial charge in [0.05, 0.1) is 0 Å². The summed E-state index contributed by atoms with van der Waals surface area (Å²) < 4.78 is 11.8. The average molecular weight is 453 g/mol. The first-order valence-electron chi connectivity index (χ1n) is 11.6. The summed E-state index contributed by atoms with van der Waals surface area (Å²) in [5.74, 6) is -0.984. The summed E-state index contributed by atoms with van der Waals surface area (Å²) in [6, 6.07) is 0. The van der Waals surface area contributed by atoms with Gasteiger partial charge in [-0.15, -0.1) is 0 Å². The minimum Gasteiger partial charge on any atom is -1.00 e. The van der Waals surface area contributed by atoms with E-state index in [-0.39, 0.29) is 70.1 Å². The fourth-order valence-corrected chi connectivity index (χ4v) is 3.28. The van der Waals surface area contributed by atoms with E-state index in [1.165, 1.54) is 0 Å². The number of carbonyl (C=O) groups excluding carboxylic acids is 2. The maximum atomic E-state index is 12.6. The van der Waals surface area contributed by atoms with Crippen molar-refractivity contribution in [3.63, 3.8) is 0 Å². The summed E-state index contributed by atoms with van der Waals surface area (Å²) in [7, 11) is 0. The van der Waals surface area contributed by atoms with Gasteiger partial charge in [-0.2, -0.15) is 0 Å². The second-order valence-corrected chi connectivity index (χ2v) is 11.0. The van der Waals surface area contributed by atoms with Crippen LogP contribution in [-0.4, -0.2) is 23.1 Å². The molecule has 0 heterocycles.